The summed E-state index contributed by atoms with van der Waals surface area (Å²) in [5, 5.41) is 10.6. The number of aryl methyl sites for hydroxylation is 1. The third-order valence-corrected chi connectivity index (χ3v) is 7.06. The van der Waals surface area contributed by atoms with E-state index in [1.54, 1.807) is 35.0 Å². The standard InChI is InChI=1S/C28H30ClN9O2/c1-16(23-7-6-8-24(34-23)36(3)4)32-26(39)17(2)38-14-19-10-9-18(11-21(19)27(38)40)25-22(29)13-30-28(35-25)33-20-12-31-37(5)15-20/h6-13,15-17H,14H2,1-5H3,(H,32,39)(H,30,33,35)/t16-,17-/m1/s1. The first-order valence-electron chi connectivity index (χ1n) is 12.8. The van der Waals surface area contributed by atoms with E-state index in [0.717, 1.165) is 22.8 Å². The molecule has 0 unspecified atom stereocenters. The zero-order valence-electron chi connectivity index (χ0n) is 22.9. The number of hydrogen-bond donors (Lipinski definition) is 2. The highest BCUT2D eigenvalue weighted by atomic mass is 35.5. The molecule has 40 heavy (non-hydrogen) atoms. The third kappa shape index (κ3) is 5.46. The maximum absolute atomic E-state index is 13.4. The van der Waals surface area contributed by atoms with Gasteiger partial charge in [0.1, 0.15) is 11.9 Å². The molecule has 1 aromatic carbocycles. The fraction of sp³-hybridized carbons (Fsp3) is 0.286. The molecule has 0 radical (unpaired) electrons. The van der Waals surface area contributed by atoms with Gasteiger partial charge in [0.15, 0.2) is 0 Å². The second-order valence-electron chi connectivity index (χ2n) is 9.94. The van der Waals surface area contributed by atoms with Crippen LogP contribution in [0, 0.1) is 0 Å². The number of amides is 2. The van der Waals surface area contributed by atoms with Crippen molar-refractivity contribution in [2.45, 2.75) is 32.5 Å². The Hall–Kier alpha value is -4.51. The van der Waals surface area contributed by atoms with Crippen LogP contribution >= 0.6 is 11.6 Å². The number of anilines is 3. The summed E-state index contributed by atoms with van der Waals surface area (Å²) in [7, 11) is 5.64. The van der Waals surface area contributed by atoms with Gasteiger partial charge in [-0.3, -0.25) is 14.3 Å². The first kappa shape index (κ1) is 27.1. The van der Waals surface area contributed by atoms with E-state index in [1.165, 1.54) is 6.20 Å². The molecule has 0 aliphatic carbocycles. The molecule has 206 valence electrons. The molecule has 4 aromatic rings. The van der Waals surface area contributed by atoms with E-state index in [1.807, 2.05) is 63.3 Å². The van der Waals surface area contributed by atoms with Crippen LogP contribution in [0.1, 0.15) is 41.5 Å². The van der Waals surface area contributed by atoms with Crippen LogP contribution in [0.3, 0.4) is 0 Å². The molecule has 2 N–H and O–H groups in total. The van der Waals surface area contributed by atoms with Gasteiger partial charge in [-0.1, -0.05) is 29.8 Å². The quantitative estimate of drug-likeness (QED) is 0.333. The molecule has 4 heterocycles. The van der Waals surface area contributed by atoms with Crippen molar-refractivity contribution in [3.05, 3.63) is 76.8 Å². The van der Waals surface area contributed by atoms with Gasteiger partial charge in [0.25, 0.3) is 5.91 Å². The topological polar surface area (TPSA) is 121 Å². The lowest BCUT2D eigenvalue weighted by Gasteiger charge is -2.25. The van der Waals surface area contributed by atoms with Crippen LogP contribution < -0.4 is 15.5 Å². The number of aromatic nitrogens is 5. The van der Waals surface area contributed by atoms with Crippen molar-refractivity contribution in [3.63, 3.8) is 0 Å². The van der Waals surface area contributed by atoms with Crippen molar-refractivity contribution in [2.75, 3.05) is 24.3 Å². The summed E-state index contributed by atoms with van der Waals surface area (Å²) >= 11 is 6.45. The molecular formula is C28H30ClN9O2. The Labute approximate surface area is 237 Å². The van der Waals surface area contributed by atoms with E-state index in [2.05, 4.69) is 30.7 Å². The van der Waals surface area contributed by atoms with Crippen molar-refractivity contribution in [1.82, 2.24) is 34.9 Å². The molecule has 0 bridgehead atoms. The molecule has 5 rings (SSSR count). The van der Waals surface area contributed by atoms with Crippen molar-refractivity contribution in [3.8, 4) is 11.3 Å². The van der Waals surface area contributed by atoms with E-state index in [4.69, 9.17) is 11.6 Å². The first-order chi connectivity index (χ1) is 19.1. The van der Waals surface area contributed by atoms with Gasteiger partial charge in [-0.25, -0.2) is 15.0 Å². The monoisotopic (exact) mass is 559 g/mol. The van der Waals surface area contributed by atoms with Crippen LogP contribution in [0.25, 0.3) is 11.3 Å². The Morgan fingerprint density at radius 1 is 1.12 bits per heavy atom. The lowest BCUT2D eigenvalue weighted by atomic mass is 10.0. The number of pyridine rings is 1. The highest BCUT2D eigenvalue weighted by molar-refractivity contribution is 6.33. The summed E-state index contributed by atoms with van der Waals surface area (Å²) in [6.45, 7) is 3.94. The lowest BCUT2D eigenvalue weighted by molar-refractivity contribution is -0.125. The van der Waals surface area contributed by atoms with Gasteiger partial charge in [-0.05, 0) is 37.6 Å². The predicted molar refractivity (Wildman–Crippen MR) is 153 cm³/mol. The highest BCUT2D eigenvalue weighted by Crippen LogP contribution is 2.32. The number of hydrogen-bond acceptors (Lipinski definition) is 8. The smallest absolute Gasteiger partial charge is 0.255 e. The van der Waals surface area contributed by atoms with Crippen LogP contribution in [0.15, 0.2) is 55.0 Å². The molecule has 0 fully saturated rings. The summed E-state index contributed by atoms with van der Waals surface area (Å²) < 4.78 is 1.67. The Morgan fingerprint density at radius 3 is 2.65 bits per heavy atom. The zero-order chi connectivity index (χ0) is 28.6. The van der Waals surface area contributed by atoms with Gasteiger partial charge >= 0.3 is 0 Å². The second kappa shape index (κ2) is 10.9. The zero-order valence-corrected chi connectivity index (χ0v) is 23.6. The molecular weight excluding hydrogens is 530 g/mol. The van der Waals surface area contributed by atoms with E-state index in [-0.39, 0.29) is 17.9 Å². The summed E-state index contributed by atoms with van der Waals surface area (Å²) in [6, 6.07) is 10.2. The summed E-state index contributed by atoms with van der Waals surface area (Å²) in [5.74, 6) is 0.678. The number of nitrogens with one attached hydrogen (secondary N) is 2. The molecule has 1 aliphatic rings. The van der Waals surface area contributed by atoms with Gasteiger partial charge in [-0.15, -0.1) is 0 Å². The number of rotatable bonds is 8. The predicted octanol–water partition coefficient (Wildman–Crippen LogP) is 3.96. The average molecular weight is 560 g/mol. The molecule has 2 atom stereocenters. The number of halogens is 1. The number of benzene rings is 1. The molecule has 12 heteroatoms. The Balaban J connectivity index is 1.31. The number of carbonyl (C=O) groups is 2. The van der Waals surface area contributed by atoms with Gasteiger partial charge < -0.3 is 20.4 Å². The molecule has 0 spiro atoms. The Bertz CT molecular complexity index is 1590. The summed E-state index contributed by atoms with van der Waals surface area (Å²) in [4.78, 5) is 43.5. The minimum atomic E-state index is -0.680. The van der Waals surface area contributed by atoms with Crippen LogP contribution in [0.4, 0.5) is 17.5 Å². The molecule has 0 saturated carbocycles. The molecule has 2 amide bonds. The first-order valence-corrected chi connectivity index (χ1v) is 13.2. The number of carbonyl (C=O) groups excluding carboxylic acids is 2. The maximum atomic E-state index is 13.4. The van der Waals surface area contributed by atoms with Crippen LogP contribution in [0.5, 0.6) is 0 Å². The largest absolute Gasteiger partial charge is 0.363 e. The highest BCUT2D eigenvalue weighted by Gasteiger charge is 2.34. The Kier molecular flexibility index (Phi) is 7.40. The van der Waals surface area contributed by atoms with Gasteiger partial charge in [0.2, 0.25) is 11.9 Å². The lowest BCUT2D eigenvalue weighted by Crippen LogP contribution is -2.46. The number of nitrogens with zero attached hydrogens (tertiary/aromatic N) is 7. The van der Waals surface area contributed by atoms with E-state index in [0.29, 0.717) is 34.3 Å². The van der Waals surface area contributed by atoms with Crippen molar-refractivity contribution >= 4 is 40.9 Å². The Morgan fingerprint density at radius 2 is 1.93 bits per heavy atom. The van der Waals surface area contributed by atoms with Crippen molar-refractivity contribution in [2.24, 2.45) is 7.05 Å². The third-order valence-electron chi connectivity index (χ3n) is 6.78. The van der Waals surface area contributed by atoms with E-state index >= 15 is 0 Å². The second-order valence-corrected chi connectivity index (χ2v) is 10.4. The van der Waals surface area contributed by atoms with E-state index < -0.39 is 6.04 Å². The fourth-order valence-electron chi connectivity index (χ4n) is 4.51. The minimum absolute atomic E-state index is 0.223. The fourth-order valence-corrected chi connectivity index (χ4v) is 4.71. The van der Waals surface area contributed by atoms with Gasteiger partial charge in [-0.2, -0.15) is 5.10 Å². The molecule has 0 saturated heterocycles. The van der Waals surface area contributed by atoms with Crippen molar-refractivity contribution < 1.29 is 9.59 Å². The van der Waals surface area contributed by atoms with E-state index in [9.17, 15) is 9.59 Å². The number of fused-ring (bicyclic) bond motifs is 1. The average Bonchev–Trinajstić information content (AvgIpc) is 3.50. The van der Waals surface area contributed by atoms with Gasteiger partial charge in [0, 0.05) is 45.0 Å². The van der Waals surface area contributed by atoms with Crippen LogP contribution in [0.2, 0.25) is 5.02 Å². The molecule has 3 aromatic heterocycles. The SMILES string of the molecule is C[C@H](C(=O)N[C@H](C)c1cccc(N(C)C)n1)N1Cc2ccc(-c3nc(Nc4cnn(C)c4)ncc3Cl)cc2C1=O. The summed E-state index contributed by atoms with van der Waals surface area (Å²) in [5.41, 5.74) is 3.99. The summed E-state index contributed by atoms with van der Waals surface area (Å²) in [6.07, 6.45) is 4.98. The molecule has 11 nitrogen and oxygen atoms in total. The van der Waals surface area contributed by atoms with Crippen LogP contribution in [-0.4, -0.2) is 61.6 Å². The molecule has 1 aliphatic heterocycles. The van der Waals surface area contributed by atoms with Gasteiger partial charge in [0.05, 0.1) is 40.5 Å². The minimum Gasteiger partial charge on any atom is -0.363 e. The van der Waals surface area contributed by atoms with Crippen molar-refractivity contribution in [1.29, 1.82) is 0 Å². The normalized spacial score (nSPS) is 14.1. The van der Waals surface area contributed by atoms with Crippen LogP contribution in [-0.2, 0) is 18.4 Å². The maximum Gasteiger partial charge on any atom is 0.255 e.